The molecule has 5 nitrogen and oxygen atoms in total. The number of ether oxygens (including phenoxy) is 1. The Labute approximate surface area is 114 Å². The molecular weight excluding hydrogens is 240 g/mol. The lowest BCUT2D eigenvalue weighted by molar-refractivity contribution is 0.396. The van der Waals surface area contributed by atoms with Crippen molar-refractivity contribution in [2.24, 2.45) is 10.7 Å². The van der Waals surface area contributed by atoms with Crippen molar-refractivity contribution in [3.63, 3.8) is 0 Å². The summed E-state index contributed by atoms with van der Waals surface area (Å²) in [5.74, 6) is 1.19. The smallest absolute Gasteiger partial charge is 0.213 e. The molecule has 0 bridgehead atoms. The summed E-state index contributed by atoms with van der Waals surface area (Å²) in [5.41, 5.74) is 6.84. The average Bonchev–Trinajstić information content (AvgIpc) is 2.92. The Bertz CT molecular complexity index is 427. The standard InChI is InChI=1S/C14H22N4O/c1-19-13-8-4-7-12(17-13)9-10-16-14(15)18-11-5-2-3-6-11/h4,7-8,11H,2-3,5-6,9-10H2,1H3,(H3,15,16,18). The molecule has 0 amide bonds. The van der Waals surface area contributed by atoms with Crippen molar-refractivity contribution in [1.82, 2.24) is 10.3 Å². The molecule has 1 saturated carbocycles. The SMILES string of the molecule is COc1cccc(CCN=C(N)NC2CCCC2)n1. The Morgan fingerprint density at radius 3 is 3.00 bits per heavy atom. The number of nitrogens with zero attached hydrogens (tertiary/aromatic N) is 2. The van der Waals surface area contributed by atoms with Gasteiger partial charge in [0.05, 0.1) is 7.11 Å². The number of hydrogen-bond donors (Lipinski definition) is 2. The summed E-state index contributed by atoms with van der Waals surface area (Å²) < 4.78 is 5.09. The second-order valence-electron chi connectivity index (χ2n) is 4.81. The maximum Gasteiger partial charge on any atom is 0.213 e. The van der Waals surface area contributed by atoms with E-state index >= 15 is 0 Å². The zero-order valence-corrected chi connectivity index (χ0v) is 11.4. The first-order valence-corrected chi connectivity index (χ1v) is 6.84. The molecular formula is C14H22N4O. The fourth-order valence-electron chi connectivity index (χ4n) is 2.33. The van der Waals surface area contributed by atoms with E-state index in [9.17, 15) is 0 Å². The van der Waals surface area contributed by atoms with Crippen LogP contribution in [-0.2, 0) is 6.42 Å². The minimum Gasteiger partial charge on any atom is -0.481 e. The Kier molecular flexibility index (Phi) is 5.01. The minimum atomic E-state index is 0.513. The molecule has 0 aromatic carbocycles. The number of nitrogens with two attached hydrogens (primary N) is 1. The van der Waals surface area contributed by atoms with E-state index in [2.05, 4.69) is 15.3 Å². The van der Waals surface area contributed by atoms with Crippen molar-refractivity contribution in [3.05, 3.63) is 23.9 Å². The zero-order chi connectivity index (χ0) is 13.5. The van der Waals surface area contributed by atoms with Gasteiger partial charge in [0.25, 0.3) is 0 Å². The molecule has 0 spiro atoms. The molecule has 1 aromatic rings. The Morgan fingerprint density at radius 1 is 1.47 bits per heavy atom. The van der Waals surface area contributed by atoms with Gasteiger partial charge in [-0.05, 0) is 18.9 Å². The molecule has 5 heteroatoms. The number of rotatable bonds is 5. The zero-order valence-electron chi connectivity index (χ0n) is 11.4. The fraction of sp³-hybridized carbons (Fsp3) is 0.571. The predicted octanol–water partition coefficient (Wildman–Crippen LogP) is 1.48. The van der Waals surface area contributed by atoms with E-state index in [4.69, 9.17) is 10.5 Å². The Hall–Kier alpha value is -1.78. The Morgan fingerprint density at radius 2 is 2.26 bits per heavy atom. The van der Waals surface area contributed by atoms with Crippen LogP contribution >= 0.6 is 0 Å². The summed E-state index contributed by atoms with van der Waals surface area (Å²) in [5, 5.41) is 3.27. The highest BCUT2D eigenvalue weighted by molar-refractivity contribution is 5.78. The second-order valence-corrected chi connectivity index (χ2v) is 4.81. The molecule has 1 aliphatic carbocycles. The number of guanidine groups is 1. The summed E-state index contributed by atoms with van der Waals surface area (Å²) >= 11 is 0. The van der Waals surface area contributed by atoms with Crippen molar-refractivity contribution < 1.29 is 4.74 Å². The molecule has 0 atom stereocenters. The van der Waals surface area contributed by atoms with Crippen molar-refractivity contribution in [3.8, 4) is 5.88 Å². The van der Waals surface area contributed by atoms with Crippen LogP contribution in [0.2, 0.25) is 0 Å². The molecule has 0 saturated heterocycles. The molecule has 19 heavy (non-hydrogen) atoms. The summed E-state index contributed by atoms with van der Waals surface area (Å²) in [6.07, 6.45) is 5.75. The predicted molar refractivity (Wildman–Crippen MR) is 76.4 cm³/mol. The quantitative estimate of drug-likeness (QED) is 0.623. The van der Waals surface area contributed by atoms with Crippen LogP contribution in [0.5, 0.6) is 5.88 Å². The van der Waals surface area contributed by atoms with Gasteiger partial charge in [-0.3, -0.25) is 4.99 Å². The van der Waals surface area contributed by atoms with Crippen molar-refractivity contribution in [2.75, 3.05) is 13.7 Å². The van der Waals surface area contributed by atoms with E-state index in [0.717, 1.165) is 12.1 Å². The van der Waals surface area contributed by atoms with Crippen molar-refractivity contribution in [1.29, 1.82) is 0 Å². The molecule has 0 aliphatic heterocycles. The van der Waals surface area contributed by atoms with Gasteiger partial charge in [0.1, 0.15) is 0 Å². The third kappa shape index (κ3) is 4.43. The molecule has 104 valence electrons. The number of hydrogen-bond acceptors (Lipinski definition) is 3. The topological polar surface area (TPSA) is 72.5 Å². The summed E-state index contributed by atoms with van der Waals surface area (Å²) in [7, 11) is 1.62. The van der Waals surface area contributed by atoms with Gasteiger partial charge in [-0.1, -0.05) is 18.9 Å². The van der Waals surface area contributed by atoms with E-state index in [1.807, 2.05) is 18.2 Å². The third-order valence-electron chi connectivity index (χ3n) is 3.35. The fourth-order valence-corrected chi connectivity index (χ4v) is 2.33. The lowest BCUT2D eigenvalue weighted by Crippen LogP contribution is -2.38. The lowest BCUT2D eigenvalue weighted by Gasteiger charge is -2.12. The lowest BCUT2D eigenvalue weighted by atomic mass is 10.2. The largest absolute Gasteiger partial charge is 0.481 e. The van der Waals surface area contributed by atoms with E-state index in [-0.39, 0.29) is 0 Å². The normalized spacial score (nSPS) is 16.6. The first-order chi connectivity index (χ1) is 9.28. The maximum absolute atomic E-state index is 5.87. The van der Waals surface area contributed by atoms with Crippen molar-refractivity contribution in [2.45, 2.75) is 38.1 Å². The molecule has 1 fully saturated rings. The average molecular weight is 262 g/mol. The van der Waals surface area contributed by atoms with Crippen LogP contribution in [-0.4, -0.2) is 30.6 Å². The van der Waals surface area contributed by atoms with E-state index in [1.165, 1.54) is 25.7 Å². The van der Waals surface area contributed by atoms with Gasteiger partial charge in [0, 0.05) is 30.8 Å². The minimum absolute atomic E-state index is 0.513. The van der Waals surface area contributed by atoms with Crippen LogP contribution in [0.3, 0.4) is 0 Å². The molecule has 3 N–H and O–H groups in total. The van der Waals surface area contributed by atoms with Gasteiger partial charge < -0.3 is 15.8 Å². The molecule has 1 aromatic heterocycles. The molecule has 1 aliphatic rings. The second kappa shape index (κ2) is 6.97. The van der Waals surface area contributed by atoms with Gasteiger partial charge in [-0.2, -0.15) is 0 Å². The third-order valence-corrected chi connectivity index (χ3v) is 3.35. The van der Waals surface area contributed by atoms with E-state index in [0.29, 0.717) is 24.4 Å². The summed E-state index contributed by atoms with van der Waals surface area (Å²) in [6.45, 7) is 0.645. The van der Waals surface area contributed by atoms with E-state index < -0.39 is 0 Å². The first kappa shape index (κ1) is 13.6. The van der Waals surface area contributed by atoms with Crippen LogP contribution in [0.1, 0.15) is 31.4 Å². The van der Waals surface area contributed by atoms with Gasteiger partial charge in [0.15, 0.2) is 5.96 Å². The molecule has 1 heterocycles. The van der Waals surface area contributed by atoms with Crippen LogP contribution in [0.25, 0.3) is 0 Å². The highest BCUT2D eigenvalue weighted by Gasteiger charge is 2.14. The van der Waals surface area contributed by atoms with Gasteiger partial charge in [-0.25, -0.2) is 4.98 Å². The first-order valence-electron chi connectivity index (χ1n) is 6.84. The maximum atomic E-state index is 5.87. The van der Waals surface area contributed by atoms with Crippen molar-refractivity contribution >= 4 is 5.96 Å². The molecule has 2 rings (SSSR count). The number of pyridine rings is 1. The number of methoxy groups -OCH3 is 1. The van der Waals surface area contributed by atoms with Crippen LogP contribution < -0.4 is 15.8 Å². The highest BCUT2D eigenvalue weighted by atomic mass is 16.5. The highest BCUT2D eigenvalue weighted by Crippen LogP contribution is 2.17. The van der Waals surface area contributed by atoms with Crippen LogP contribution in [0.15, 0.2) is 23.2 Å². The summed E-state index contributed by atoms with van der Waals surface area (Å²) in [6, 6.07) is 6.26. The summed E-state index contributed by atoms with van der Waals surface area (Å²) in [4.78, 5) is 8.68. The Balaban J connectivity index is 1.77. The molecule has 0 unspecified atom stereocenters. The number of aromatic nitrogens is 1. The molecule has 0 radical (unpaired) electrons. The monoisotopic (exact) mass is 262 g/mol. The van der Waals surface area contributed by atoms with Gasteiger partial charge in [-0.15, -0.1) is 0 Å². The van der Waals surface area contributed by atoms with Gasteiger partial charge >= 0.3 is 0 Å². The van der Waals surface area contributed by atoms with Gasteiger partial charge in [0.2, 0.25) is 5.88 Å². The van der Waals surface area contributed by atoms with Crippen LogP contribution in [0, 0.1) is 0 Å². The number of aliphatic imine (C=N–C) groups is 1. The number of nitrogens with one attached hydrogen (secondary N) is 1. The van der Waals surface area contributed by atoms with E-state index in [1.54, 1.807) is 7.11 Å². The van der Waals surface area contributed by atoms with Crippen LogP contribution in [0.4, 0.5) is 0 Å².